The Morgan fingerprint density at radius 3 is 1.74 bits per heavy atom. The number of esters is 2. The van der Waals surface area contributed by atoms with Crippen LogP contribution < -0.4 is 0 Å². The number of halogens is 2. The molecule has 7 nitrogen and oxygen atoms in total. The zero-order chi connectivity index (χ0) is 26.0. The largest absolute Gasteiger partial charge is 0.468 e. The van der Waals surface area contributed by atoms with Crippen molar-refractivity contribution in [2.24, 2.45) is 16.7 Å². The van der Waals surface area contributed by atoms with Crippen LogP contribution in [0.2, 0.25) is 10.0 Å². The molecule has 2 aromatic rings. The summed E-state index contributed by atoms with van der Waals surface area (Å²) in [5.41, 5.74) is -3.41. The topological polar surface area (TPSA) is 117 Å². The fourth-order valence-corrected chi connectivity index (χ4v) is 5.60. The first-order valence-corrected chi connectivity index (χ1v) is 11.4. The van der Waals surface area contributed by atoms with E-state index in [0.29, 0.717) is 21.2 Å². The van der Waals surface area contributed by atoms with E-state index in [4.69, 9.17) is 32.7 Å². The minimum atomic E-state index is -2.16. The Morgan fingerprint density at radius 1 is 0.857 bits per heavy atom. The first kappa shape index (κ1) is 26.2. The summed E-state index contributed by atoms with van der Waals surface area (Å²) in [6.07, 6.45) is -0.271. The third-order valence-electron chi connectivity index (χ3n) is 6.79. The van der Waals surface area contributed by atoms with Crippen molar-refractivity contribution in [3.8, 4) is 12.1 Å². The van der Waals surface area contributed by atoms with Crippen LogP contribution in [0.3, 0.4) is 0 Å². The highest BCUT2D eigenvalue weighted by Gasteiger charge is 2.71. The molecule has 180 valence electrons. The molecule has 1 fully saturated rings. The van der Waals surface area contributed by atoms with E-state index in [1.807, 2.05) is 6.07 Å². The molecule has 0 aliphatic heterocycles. The minimum absolute atomic E-state index is 0.271. The zero-order valence-electron chi connectivity index (χ0n) is 19.2. The second kappa shape index (κ2) is 10.1. The molecule has 0 radical (unpaired) electrons. The van der Waals surface area contributed by atoms with Crippen LogP contribution in [-0.2, 0) is 23.9 Å². The number of benzene rings is 2. The van der Waals surface area contributed by atoms with Crippen molar-refractivity contribution in [2.75, 3.05) is 14.2 Å². The smallest absolute Gasteiger partial charge is 0.327 e. The summed E-state index contributed by atoms with van der Waals surface area (Å²) in [6, 6.07) is 16.7. The van der Waals surface area contributed by atoms with E-state index < -0.39 is 46.3 Å². The van der Waals surface area contributed by atoms with Crippen molar-refractivity contribution >= 4 is 40.9 Å². The van der Waals surface area contributed by atoms with E-state index in [0.717, 1.165) is 14.2 Å². The van der Waals surface area contributed by atoms with Gasteiger partial charge in [-0.05, 0) is 48.7 Å². The van der Waals surface area contributed by atoms with Crippen molar-refractivity contribution in [1.29, 1.82) is 10.5 Å². The summed E-state index contributed by atoms with van der Waals surface area (Å²) >= 11 is 12.1. The van der Waals surface area contributed by atoms with Gasteiger partial charge in [-0.25, -0.2) is 0 Å². The highest BCUT2D eigenvalue weighted by Crippen LogP contribution is 2.64. The number of hydrogen-bond acceptors (Lipinski definition) is 7. The van der Waals surface area contributed by atoms with Gasteiger partial charge >= 0.3 is 11.9 Å². The number of ether oxygens (including phenoxy) is 2. The quantitative estimate of drug-likeness (QED) is 0.526. The van der Waals surface area contributed by atoms with Gasteiger partial charge in [-0.3, -0.25) is 14.4 Å². The summed E-state index contributed by atoms with van der Waals surface area (Å²) in [4.78, 5) is 39.9. The normalized spacial score (nSPS) is 27.7. The molecule has 0 bridgehead atoms. The van der Waals surface area contributed by atoms with Gasteiger partial charge in [0.2, 0.25) is 0 Å². The third-order valence-corrected chi connectivity index (χ3v) is 7.30. The van der Waals surface area contributed by atoms with Gasteiger partial charge in [0.15, 0.2) is 10.8 Å². The molecule has 2 aromatic carbocycles. The molecule has 0 amide bonds. The molecule has 35 heavy (non-hydrogen) atoms. The SMILES string of the molecule is COC(=O)[C@]1(C#N)[C@@H](c2ccc(Cl)cc2)[C@H](C(C)=O)C[C@](C#N)(C(=O)OC)[C@H]1c1ccc(Cl)cc1. The molecule has 0 aromatic heterocycles. The van der Waals surface area contributed by atoms with Gasteiger partial charge in [0, 0.05) is 27.8 Å². The molecule has 5 atom stereocenters. The molecule has 0 spiro atoms. The van der Waals surface area contributed by atoms with Gasteiger partial charge in [-0.2, -0.15) is 10.5 Å². The van der Waals surface area contributed by atoms with Gasteiger partial charge in [-0.15, -0.1) is 0 Å². The van der Waals surface area contributed by atoms with Crippen LogP contribution in [0.15, 0.2) is 48.5 Å². The van der Waals surface area contributed by atoms with E-state index in [1.54, 1.807) is 36.4 Å². The summed E-state index contributed by atoms with van der Waals surface area (Å²) in [7, 11) is 2.23. The maximum absolute atomic E-state index is 13.6. The lowest BCUT2D eigenvalue weighted by atomic mass is 9.45. The Bertz CT molecular complexity index is 1230. The lowest BCUT2D eigenvalue weighted by molar-refractivity contribution is -0.167. The molecule has 0 N–H and O–H groups in total. The second-order valence-corrected chi connectivity index (χ2v) is 9.36. The van der Waals surface area contributed by atoms with Gasteiger partial charge in [0.05, 0.1) is 26.4 Å². The molecule has 1 saturated carbocycles. The average Bonchev–Trinajstić information content (AvgIpc) is 2.87. The monoisotopic (exact) mass is 512 g/mol. The van der Waals surface area contributed by atoms with Crippen molar-refractivity contribution in [3.05, 3.63) is 69.7 Å². The number of hydrogen-bond donors (Lipinski definition) is 0. The Labute approximate surface area is 213 Å². The van der Waals surface area contributed by atoms with Crippen molar-refractivity contribution < 1.29 is 23.9 Å². The number of Topliss-reactive ketones (excluding diaryl/α,β-unsaturated/α-hetero) is 1. The number of rotatable bonds is 5. The zero-order valence-corrected chi connectivity index (χ0v) is 20.8. The maximum atomic E-state index is 13.6. The second-order valence-electron chi connectivity index (χ2n) is 8.48. The van der Waals surface area contributed by atoms with Crippen LogP contribution in [0, 0.1) is 39.4 Å². The summed E-state index contributed by atoms with van der Waals surface area (Å²) in [5.74, 6) is -5.79. The molecular formula is C26H22Cl2N2O5. The Morgan fingerprint density at radius 2 is 1.34 bits per heavy atom. The molecule has 1 aliphatic rings. The van der Waals surface area contributed by atoms with Crippen molar-refractivity contribution in [3.63, 3.8) is 0 Å². The maximum Gasteiger partial charge on any atom is 0.327 e. The fraction of sp³-hybridized carbons (Fsp3) is 0.346. The van der Waals surface area contributed by atoms with Crippen LogP contribution in [-0.4, -0.2) is 31.9 Å². The molecule has 3 rings (SSSR count). The van der Waals surface area contributed by atoms with E-state index >= 15 is 0 Å². The van der Waals surface area contributed by atoms with Gasteiger partial charge in [0.25, 0.3) is 0 Å². The van der Waals surface area contributed by atoms with Crippen molar-refractivity contribution in [2.45, 2.75) is 25.2 Å². The molecule has 9 heteroatoms. The summed E-state index contributed by atoms with van der Waals surface area (Å²) in [5, 5.41) is 22.0. The number of ketones is 1. The predicted octanol–water partition coefficient (Wildman–Crippen LogP) is 4.84. The fourth-order valence-electron chi connectivity index (χ4n) is 5.35. The summed E-state index contributed by atoms with van der Waals surface area (Å²) < 4.78 is 10.1. The first-order valence-electron chi connectivity index (χ1n) is 10.6. The summed E-state index contributed by atoms with van der Waals surface area (Å²) in [6.45, 7) is 1.30. The van der Waals surface area contributed by atoms with E-state index in [1.165, 1.54) is 19.1 Å². The van der Waals surface area contributed by atoms with Crippen molar-refractivity contribution in [1.82, 2.24) is 0 Å². The number of carbonyl (C=O) groups is 3. The average molecular weight is 513 g/mol. The Kier molecular flexibility index (Phi) is 7.55. The van der Waals surface area contributed by atoms with Gasteiger partial charge < -0.3 is 9.47 Å². The lowest BCUT2D eigenvalue weighted by Crippen LogP contribution is -2.59. The molecule has 0 heterocycles. The third kappa shape index (κ3) is 4.16. The van der Waals surface area contributed by atoms with Gasteiger partial charge in [0.1, 0.15) is 5.78 Å². The Balaban J connectivity index is 2.52. The number of carbonyl (C=O) groups excluding carboxylic acids is 3. The van der Waals surface area contributed by atoms with E-state index in [9.17, 15) is 24.9 Å². The molecular weight excluding hydrogens is 491 g/mol. The molecule has 1 aliphatic carbocycles. The number of nitriles is 2. The minimum Gasteiger partial charge on any atom is -0.468 e. The number of nitrogens with zero attached hydrogens (tertiary/aromatic N) is 2. The molecule has 0 saturated heterocycles. The number of methoxy groups -OCH3 is 2. The lowest BCUT2D eigenvalue weighted by Gasteiger charge is -2.52. The first-order chi connectivity index (χ1) is 16.6. The predicted molar refractivity (Wildman–Crippen MR) is 127 cm³/mol. The van der Waals surface area contributed by atoms with Crippen LogP contribution in [0.1, 0.15) is 36.3 Å². The van der Waals surface area contributed by atoms with Crippen LogP contribution in [0.5, 0.6) is 0 Å². The van der Waals surface area contributed by atoms with Gasteiger partial charge in [-0.1, -0.05) is 47.5 Å². The standard InChI is InChI=1S/C26H22Cl2N2O5/c1-15(31)20-12-25(13-29,23(32)34-2)22(17-6-10-19(28)11-7-17)26(14-30,24(33)35-3)21(20)16-4-8-18(27)9-5-16/h4-11,20-22H,12H2,1-3H3/t20-,21-,22+,25+,26+/m0/s1. The van der Waals surface area contributed by atoms with E-state index in [-0.39, 0.29) is 6.42 Å². The van der Waals surface area contributed by atoms with E-state index in [2.05, 4.69) is 6.07 Å². The van der Waals surface area contributed by atoms with Crippen LogP contribution in [0.25, 0.3) is 0 Å². The highest BCUT2D eigenvalue weighted by molar-refractivity contribution is 6.30. The molecule has 0 unspecified atom stereocenters. The van der Waals surface area contributed by atoms with Crippen LogP contribution >= 0.6 is 23.2 Å². The van der Waals surface area contributed by atoms with Crippen LogP contribution in [0.4, 0.5) is 0 Å². The highest BCUT2D eigenvalue weighted by atomic mass is 35.5. The Hall–Kier alpha value is -3.39.